The number of carboxylic acid groups (broad SMARTS) is 1. The van der Waals surface area contributed by atoms with Crippen molar-refractivity contribution in [2.45, 2.75) is 31.7 Å². The van der Waals surface area contributed by atoms with Crippen molar-refractivity contribution in [3.05, 3.63) is 70.7 Å². The minimum atomic E-state index is -0.988. The topological polar surface area (TPSA) is 118 Å². The second-order valence-corrected chi connectivity index (χ2v) is 8.52. The van der Waals surface area contributed by atoms with E-state index in [1.807, 2.05) is 36.4 Å². The Kier molecular flexibility index (Phi) is 6.69. The van der Waals surface area contributed by atoms with E-state index in [1.54, 1.807) is 6.92 Å². The third-order valence-corrected chi connectivity index (χ3v) is 6.30. The minimum Gasteiger partial charge on any atom is -0.481 e. The zero-order valence-corrected chi connectivity index (χ0v) is 18.7. The number of benzene rings is 2. The zero-order chi connectivity index (χ0) is 23.4. The maximum Gasteiger partial charge on any atom is 0.413 e. The molecule has 8 nitrogen and oxygen atoms in total. The molecule has 2 aromatic carbocycles. The number of rotatable bonds is 8. The van der Waals surface area contributed by atoms with Crippen molar-refractivity contribution in [1.29, 1.82) is 0 Å². The van der Waals surface area contributed by atoms with Crippen LogP contribution in [0.3, 0.4) is 0 Å². The van der Waals surface area contributed by atoms with Crippen LogP contribution in [0, 0.1) is 0 Å². The van der Waals surface area contributed by atoms with Gasteiger partial charge in [-0.2, -0.15) is 0 Å². The summed E-state index contributed by atoms with van der Waals surface area (Å²) in [4.78, 5) is 39.7. The van der Waals surface area contributed by atoms with Crippen LogP contribution < -0.4 is 10.6 Å². The first kappa shape index (κ1) is 22.5. The molecule has 0 spiro atoms. The Labute approximate surface area is 194 Å². The lowest BCUT2D eigenvalue weighted by Gasteiger charge is -2.14. The number of nitrogens with one attached hydrogen (secondary N) is 2. The van der Waals surface area contributed by atoms with Gasteiger partial charge in [-0.3, -0.25) is 14.9 Å². The van der Waals surface area contributed by atoms with Crippen LogP contribution in [-0.4, -0.2) is 40.7 Å². The fraction of sp³-hybridized carbons (Fsp3) is 0.250. The van der Waals surface area contributed by atoms with E-state index in [0.29, 0.717) is 6.42 Å². The molecule has 0 saturated heterocycles. The lowest BCUT2D eigenvalue weighted by atomic mass is 9.98. The van der Waals surface area contributed by atoms with Gasteiger partial charge < -0.3 is 15.2 Å². The molecule has 33 heavy (non-hydrogen) atoms. The van der Waals surface area contributed by atoms with Gasteiger partial charge in [0.25, 0.3) is 5.91 Å². The van der Waals surface area contributed by atoms with Crippen molar-refractivity contribution >= 4 is 34.4 Å². The third kappa shape index (κ3) is 5.04. The maximum atomic E-state index is 12.4. The molecule has 0 radical (unpaired) electrons. The molecule has 170 valence electrons. The van der Waals surface area contributed by atoms with Crippen LogP contribution in [0.5, 0.6) is 0 Å². The number of hydrogen-bond donors (Lipinski definition) is 3. The number of aliphatic carboxylic acids is 1. The zero-order valence-electron chi connectivity index (χ0n) is 17.9. The highest BCUT2D eigenvalue weighted by atomic mass is 32.1. The van der Waals surface area contributed by atoms with Gasteiger partial charge in [0, 0.05) is 17.3 Å². The molecule has 0 aliphatic heterocycles. The normalized spacial score (nSPS) is 13.0. The smallest absolute Gasteiger partial charge is 0.413 e. The highest BCUT2D eigenvalue weighted by molar-refractivity contribution is 7.14. The van der Waals surface area contributed by atoms with E-state index in [-0.39, 0.29) is 29.8 Å². The van der Waals surface area contributed by atoms with Gasteiger partial charge >= 0.3 is 12.1 Å². The molecule has 3 N–H and O–H groups in total. The molecule has 0 unspecified atom stereocenters. The average Bonchev–Trinajstić information content (AvgIpc) is 3.39. The molecular weight excluding hydrogens is 442 g/mol. The van der Waals surface area contributed by atoms with Crippen molar-refractivity contribution in [1.82, 2.24) is 10.3 Å². The first-order valence-electron chi connectivity index (χ1n) is 10.6. The molecule has 3 aromatic rings. The molecule has 1 aliphatic rings. The Bertz CT molecular complexity index is 1150. The van der Waals surface area contributed by atoms with Gasteiger partial charge in [-0.25, -0.2) is 9.78 Å². The Morgan fingerprint density at radius 1 is 1.09 bits per heavy atom. The summed E-state index contributed by atoms with van der Waals surface area (Å²) in [6.07, 6.45) is -0.347. The number of anilines is 1. The second-order valence-electron chi connectivity index (χ2n) is 7.66. The number of nitrogens with zero attached hydrogens (tertiary/aromatic N) is 1. The summed E-state index contributed by atoms with van der Waals surface area (Å²) >= 11 is 1.09. The molecule has 4 rings (SSSR count). The predicted molar refractivity (Wildman–Crippen MR) is 125 cm³/mol. The van der Waals surface area contributed by atoms with Gasteiger partial charge in [0.15, 0.2) is 5.13 Å². The summed E-state index contributed by atoms with van der Waals surface area (Å²) in [6.45, 7) is 1.96. The summed E-state index contributed by atoms with van der Waals surface area (Å²) in [5.41, 5.74) is 4.63. The van der Waals surface area contributed by atoms with Crippen LogP contribution in [0.25, 0.3) is 11.1 Å². The van der Waals surface area contributed by atoms with E-state index in [1.165, 1.54) is 5.38 Å². The molecular formula is C24H23N3O5S. The molecule has 0 fully saturated rings. The molecule has 1 aromatic heterocycles. The number of aromatic nitrogens is 1. The fourth-order valence-corrected chi connectivity index (χ4v) is 4.60. The Morgan fingerprint density at radius 3 is 2.33 bits per heavy atom. The largest absolute Gasteiger partial charge is 0.481 e. The lowest BCUT2D eigenvalue weighted by Crippen LogP contribution is -2.36. The molecule has 0 saturated carbocycles. The van der Waals surface area contributed by atoms with Crippen LogP contribution in [0.4, 0.5) is 9.93 Å². The Hall–Kier alpha value is -3.72. The molecule has 1 aliphatic carbocycles. The van der Waals surface area contributed by atoms with Crippen molar-refractivity contribution in [2.75, 3.05) is 11.9 Å². The summed E-state index contributed by atoms with van der Waals surface area (Å²) < 4.78 is 5.49. The van der Waals surface area contributed by atoms with E-state index in [2.05, 4.69) is 27.8 Å². The molecule has 0 bridgehead atoms. The van der Waals surface area contributed by atoms with Gasteiger partial charge in [0.05, 0.1) is 6.42 Å². The van der Waals surface area contributed by atoms with Crippen LogP contribution >= 0.6 is 11.3 Å². The highest BCUT2D eigenvalue weighted by Crippen LogP contribution is 2.44. The fourth-order valence-electron chi connectivity index (χ4n) is 3.92. The van der Waals surface area contributed by atoms with E-state index >= 15 is 0 Å². The number of thiazole rings is 1. The van der Waals surface area contributed by atoms with Crippen molar-refractivity contribution in [3.63, 3.8) is 0 Å². The first-order valence-corrected chi connectivity index (χ1v) is 11.4. The molecule has 2 amide bonds. The second kappa shape index (κ2) is 9.83. The van der Waals surface area contributed by atoms with Crippen LogP contribution in [0.2, 0.25) is 0 Å². The maximum absolute atomic E-state index is 12.4. The summed E-state index contributed by atoms with van der Waals surface area (Å²) in [5, 5.41) is 15.8. The monoisotopic (exact) mass is 465 g/mol. The van der Waals surface area contributed by atoms with Crippen molar-refractivity contribution < 1.29 is 24.2 Å². The van der Waals surface area contributed by atoms with Gasteiger partial charge in [-0.15, -0.1) is 11.3 Å². The SMILES string of the molecule is CC[C@@H](CC(=O)O)NC(=O)c1csc(NC(=O)OCC2c3ccccc3-c3ccccc32)n1. The van der Waals surface area contributed by atoms with Crippen molar-refractivity contribution in [3.8, 4) is 11.1 Å². The number of carbonyl (C=O) groups is 3. The predicted octanol–water partition coefficient (Wildman–Crippen LogP) is 4.49. The third-order valence-electron chi connectivity index (χ3n) is 5.54. The summed E-state index contributed by atoms with van der Waals surface area (Å²) in [7, 11) is 0. The quantitative estimate of drug-likeness (QED) is 0.451. The Morgan fingerprint density at radius 2 is 1.73 bits per heavy atom. The minimum absolute atomic E-state index is 0.0546. The van der Waals surface area contributed by atoms with Crippen molar-refractivity contribution in [2.24, 2.45) is 0 Å². The molecule has 1 atom stereocenters. The number of fused-ring (bicyclic) bond motifs is 3. The van der Waals surface area contributed by atoms with Gasteiger partial charge in [-0.1, -0.05) is 55.5 Å². The van der Waals surface area contributed by atoms with Crippen LogP contribution in [0.1, 0.15) is 47.3 Å². The van der Waals surface area contributed by atoms with E-state index in [4.69, 9.17) is 9.84 Å². The summed E-state index contributed by atoms with van der Waals surface area (Å²) in [5.74, 6) is -1.53. The van der Waals surface area contributed by atoms with E-state index in [0.717, 1.165) is 33.6 Å². The van der Waals surface area contributed by atoms with Crippen LogP contribution in [0.15, 0.2) is 53.9 Å². The number of hydrogen-bond acceptors (Lipinski definition) is 6. The number of carboxylic acids is 1. The highest BCUT2D eigenvalue weighted by Gasteiger charge is 2.29. The van der Waals surface area contributed by atoms with Gasteiger partial charge in [0.1, 0.15) is 12.3 Å². The summed E-state index contributed by atoms with van der Waals surface area (Å²) in [6, 6.07) is 15.7. The van der Waals surface area contributed by atoms with E-state index in [9.17, 15) is 14.4 Å². The number of ether oxygens (including phenoxy) is 1. The number of amides is 2. The first-order chi connectivity index (χ1) is 16.0. The standard InChI is InChI=1S/C24H23N3O5S/c1-2-14(11-21(28)29)25-22(30)20-13-33-23(26-20)27-24(31)32-12-19-17-9-5-3-7-15(17)16-8-4-6-10-18(16)19/h3-10,13-14,19H,2,11-12H2,1H3,(H,25,30)(H,28,29)(H,26,27,31)/t14-/m0/s1. The number of carbonyl (C=O) groups excluding carboxylic acids is 2. The molecule has 9 heteroatoms. The Balaban J connectivity index is 1.35. The van der Waals surface area contributed by atoms with Crippen LogP contribution in [-0.2, 0) is 9.53 Å². The van der Waals surface area contributed by atoms with E-state index < -0.39 is 24.0 Å². The van der Waals surface area contributed by atoms with Gasteiger partial charge in [-0.05, 0) is 28.7 Å². The lowest BCUT2D eigenvalue weighted by molar-refractivity contribution is -0.137. The average molecular weight is 466 g/mol. The van der Waals surface area contributed by atoms with Gasteiger partial charge in [0.2, 0.25) is 0 Å². The molecule has 1 heterocycles.